The number of halogens is 1. The Morgan fingerprint density at radius 1 is 1.48 bits per heavy atom. The standard InChI is InChI=1S/C10H8BrN3O5S2/c1-19-8-3-2-6(4-7(8)11)21(17,18)13-10-12-5-9(20-10)14(15)16/h2-5H,1H3,(H,12,13). The molecule has 112 valence electrons. The molecule has 11 heteroatoms. The van der Waals surface area contributed by atoms with Gasteiger partial charge in [-0.15, -0.1) is 0 Å². The molecule has 0 unspecified atom stereocenters. The average Bonchev–Trinajstić information content (AvgIpc) is 2.86. The summed E-state index contributed by atoms with van der Waals surface area (Å²) in [5.74, 6) is 0.485. The number of rotatable bonds is 5. The van der Waals surface area contributed by atoms with Crippen LogP contribution in [0.4, 0.5) is 10.1 Å². The van der Waals surface area contributed by atoms with E-state index in [1.165, 1.54) is 25.3 Å². The van der Waals surface area contributed by atoms with Crippen LogP contribution >= 0.6 is 27.3 Å². The Hall–Kier alpha value is -1.72. The molecule has 0 saturated heterocycles. The number of hydrogen-bond donors (Lipinski definition) is 1. The Labute approximate surface area is 132 Å². The Morgan fingerprint density at radius 3 is 2.71 bits per heavy atom. The number of benzene rings is 1. The molecule has 0 fully saturated rings. The largest absolute Gasteiger partial charge is 0.496 e. The molecule has 21 heavy (non-hydrogen) atoms. The summed E-state index contributed by atoms with van der Waals surface area (Å²) >= 11 is 3.83. The second-order valence-corrected chi connectivity index (χ2v) is 7.21. The normalized spacial score (nSPS) is 11.1. The van der Waals surface area contributed by atoms with Crippen LogP contribution in [0.5, 0.6) is 5.75 Å². The highest BCUT2D eigenvalue weighted by molar-refractivity contribution is 9.10. The number of thiazole rings is 1. The molecule has 0 saturated carbocycles. The van der Waals surface area contributed by atoms with Gasteiger partial charge in [0.25, 0.3) is 10.0 Å². The minimum absolute atomic E-state index is 0.0203. The van der Waals surface area contributed by atoms with E-state index in [9.17, 15) is 18.5 Å². The molecule has 2 aromatic rings. The molecule has 0 aliphatic carbocycles. The van der Waals surface area contributed by atoms with Crippen LogP contribution in [0.25, 0.3) is 0 Å². The van der Waals surface area contributed by atoms with Crippen LogP contribution in [-0.4, -0.2) is 25.4 Å². The van der Waals surface area contributed by atoms with Gasteiger partial charge in [0.1, 0.15) is 11.9 Å². The molecule has 1 aromatic heterocycles. The monoisotopic (exact) mass is 393 g/mol. The number of ether oxygens (including phenoxy) is 1. The fourth-order valence-electron chi connectivity index (χ4n) is 1.39. The molecule has 1 N–H and O–H groups in total. The van der Waals surface area contributed by atoms with Crippen molar-refractivity contribution < 1.29 is 18.1 Å². The molecule has 0 atom stereocenters. The van der Waals surface area contributed by atoms with E-state index in [2.05, 4.69) is 25.6 Å². The summed E-state index contributed by atoms with van der Waals surface area (Å²) in [5.41, 5.74) is 0. The van der Waals surface area contributed by atoms with Gasteiger partial charge in [0.05, 0.1) is 21.4 Å². The lowest BCUT2D eigenvalue weighted by molar-refractivity contribution is -0.380. The van der Waals surface area contributed by atoms with Gasteiger partial charge in [-0.3, -0.25) is 14.8 Å². The molecule has 0 spiro atoms. The van der Waals surface area contributed by atoms with Gasteiger partial charge in [-0.1, -0.05) is 0 Å². The van der Waals surface area contributed by atoms with E-state index in [4.69, 9.17) is 4.74 Å². The number of anilines is 1. The number of sulfonamides is 1. The van der Waals surface area contributed by atoms with Gasteiger partial charge in [0.2, 0.25) is 5.13 Å². The van der Waals surface area contributed by atoms with Gasteiger partial charge in [0.15, 0.2) is 0 Å². The van der Waals surface area contributed by atoms with E-state index < -0.39 is 14.9 Å². The SMILES string of the molecule is COc1ccc(S(=O)(=O)Nc2ncc([N+](=O)[O-])s2)cc1Br. The summed E-state index contributed by atoms with van der Waals surface area (Å²) in [4.78, 5) is 13.5. The van der Waals surface area contributed by atoms with E-state index in [0.717, 1.165) is 6.20 Å². The topological polar surface area (TPSA) is 111 Å². The van der Waals surface area contributed by atoms with E-state index in [-0.39, 0.29) is 15.0 Å². The molecule has 2 rings (SSSR count). The van der Waals surface area contributed by atoms with Crippen LogP contribution in [0.1, 0.15) is 0 Å². The van der Waals surface area contributed by atoms with E-state index in [1.54, 1.807) is 0 Å². The third-order valence-corrected chi connectivity index (χ3v) is 5.28. The van der Waals surface area contributed by atoms with Crippen molar-refractivity contribution in [2.24, 2.45) is 0 Å². The summed E-state index contributed by atoms with van der Waals surface area (Å²) in [6.45, 7) is 0. The third kappa shape index (κ3) is 3.49. The van der Waals surface area contributed by atoms with Crippen molar-refractivity contribution in [3.05, 3.63) is 39.0 Å². The summed E-state index contributed by atoms with van der Waals surface area (Å²) < 4.78 is 32.0. The summed E-state index contributed by atoms with van der Waals surface area (Å²) in [6.07, 6.45) is 0.993. The first-order valence-electron chi connectivity index (χ1n) is 5.30. The van der Waals surface area contributed by atoms with Crippen LogP contribution < -0.4 is 9.46 Å². The summed E-state index contributed by atoms with van der Waals surface area (Å²) in [6, 6.07) is 4.21. The summed E-state index contributed by atoms with van der Waals surface area (Å²) in [5, 5.41) is 10.2. The fourth-order valence-corrected chi connectivity index (χ4v) is 3.98. The Morgan fingerprint density at radius 2 is 2.19 bits per heavy atom. The summed E-state index contributed by atoms with van der Waals surface area (Å²) in [7, 11) is -2.42. The average molecular weight is 394 g/mol. The van der Waals surface area contributed by atoms with Gasteiger partial charge < -0.3 is 4.74 Å². The number of nitro groups is 1. The first-order valence-corrected chi connectivity index (χ1v) is 8.39. The van der Waals surface area contributed by atoms with Crippen LogP contribution in [0.2, 0.25) is 0 Å². The molecule has 0 aliphatic heterocycles. The first-order chi connectivity index (χ1) is 9.83. The highest BCUT2D eigenvalue weighted by Crippen LogP contribution is 2.30. The zero-order valence-corrected chi connectivity index (χ0v) is 13.7. The first kappa shape index (κ1) is 15.7. The van der Waals surface area contributed by atoms with Crippen molar-refractivity contribution in [3.8, 4) is 5.75 Å². The lowest BCUT2D eigenvalue weighted by Gasteiger charge is -2.07. The van der Waals surface area contributed by atoms with Gasteiger partial charge in [-0.25, -0.2) is 13.4 Å². The highest BCUT2D eigenvalue weighted by Gasteiger charge is 2.20. The van der Waals surface area contributed by atoms with E-state index in [0.29, 0.717) is 21.6 Å². The predicted octanol–water partition coefficient (Wildman–Crippen LogP) is 2.62. The lowest BCUT2D eigenvalue weighted by atomic mass is 10.3. The van der Waals surface area contributed by atoms with E-state index in [1.807, 2.05) is 0 Å². The Bertz CT molecular complexity index is 790. The van der Waals surface area contributed by atoms with Gasteiger partial charge in [-0.05, 0) is 45.5 Å². The maximum atomic E-state index is 12.2. The van der Waals surface area contributed by atoms with Crippen molar-refractivity contribution in [2.75, 3.05) is 11.8 Å². The second kappa shape index (κ2) is 5.95. The minimum atomic E-state index is -3.88. The number of aromatic nitrogens is 1. The predicted molar refractivity (Wildman–Crippen MR) is 80.3 cm³/mol. The zero-order chi connectivity index (χ0) is 15.6. The maximum absolute atomic E-state index is 12.2. The number of nitrogens with one attached hydrogen (secondary N) is 1. The van der Waals surface area contributed by atoms with Crippen LogP contribution in [-0.2, 0) is 10.0 Å². The van der Waals surface area contributed by atoms with E-state index >= 15 is 0 Å². The molecular formula is C10H8BrN3O5S2. The van der Waals surface area contributed by atoms with Crippen LogP contribution in [0.15, 0.2) is 33.8 Å². The van der Waals surface area contributed by atoms with Crippen LogP contribution in [0.3, 0.4) is 0 Å². The quantitative estimate of drug-likeness (QED) is 0.617. The number of methoxy groups -OCH3 is 1. The highest BCUT2D eigenvalue weighted by atomic mass is 79.9. The molecule has 0 amide bonds. The molecule has 0 radical (unpaired) electrons. The molecule has 0 bridgehead atoms. The molecule has 1 aromatic carbocycles. The smallest absolute Gasteiger partial charge is 0.345 e. The van der Waals surface area contributed by atoms with Gasteiger partial charge in [-0.2, -0.15) is 0 Å². The third-order valence-electron chi connectivity index (χ3n) is 2.33. The van der Waals surface area contributed by atoms with Gasteiger partial charge >= 0.3 is 5.00 Å². The minimum Gasteiger partial charge on any atom is -0.496 e. The molecule has 1 heterocycles. The van der Waals surface area contributed by atoms with Crippen molar-refractivity contribution in [2.45, 2.75) is 4.90 Å². The molecule has 8 nitrogen and oxygen atoms in total. The Kier molecular flexibility index (Phi) is 4.44. The Balaban J connectivity index is 2.29. The van der Waals surface area contributed by atoms with Crippen molar-refractivity contribution in [3.63, 3.8) is 0 Å². The fraction of sp³-hybridized carbons (Fsp3) is 0.100. The zero-order valence-electron chi connectivity index (χ0n) is 10.4. The van der Waals surface area contributed by atoms with Crippen molar-refractivity contribution in [1.82, 2.24) is 4.98 Å². The second-order valence-electron chi connectivity index (χ2n) is 3.66. The van der Waals surface area contributed by atoms with Crippen molar-refractivity contribution in [1.29, 1.82) is 0 Å². The van der Waals surface area contributed by atoms with Crippen molar-refractivity contribution >= 4 is 47.4 Å². The number of nitrogens with zero attached hydrogens (tertiary/aromatic N) is 2. The molecule has 0 aliphatic rings. The van der Waals surface area contributed by atoms with Crippen LogP contribution in [0, 0.1) is 10.1 Å². The van der Waals surface area contributed by atoms with Gasteiger partial charge in [0, 0.05) is 0 Å². The maximum Gasteiger partial charge on any atom is 0.345 e. The lowest BCUT2D eigenvalue weighted by Crippen LogP contribution is -2.12. The number of hydrogen-bond acceptors (Lipinski definition) is 7. The molecular weight excluding hydrogens is 386 g/mol.